The van der Waals surface area contributed by atoms with Crippen molar-refractivity contribution in [3.63, 3.8) is 0 Å². The first-order chi connectivity index (χ1) is 8.83. The second kappa shape index (κ2) is 5.70. The molecule has 2 aliphatic carbocycles. The van der Waals surface area contributed by atoms with E-state index in [-0.39, 0.29) is 0 Å². The number of rotatable bonds is 2. The molecule has 18 heavy (non-hydrogen) atoms. The highest BCUT2D eigenvalue weighted by molar-refractivity contribution is 5.79. The molecule has 0 amide bonds. The third-order valence-electron chi connectivity index (χ3n) is 5.16. The molecule has 0 N–H and O–H groups in total. The largest absolute Gasteiger partial charge is 0.300 e. The van der Waals surface area contributed by atoms with Crippen molar-refractivity contribution in [2.24, 2.45) is 0 Å². The predicted octanol–water partition coefficient (Wildman–Crippen LogP) is 2.06. The number of hydrogen-bond acceptors (Lipinski definition) is 3. The Morgan fingerprint density at radius 3 is 1.94 bits per heavy atom. The third-order valence-corrected chi connectivity index (χ3v) is 5.16. The summed E-state index contributed by atoms with van der Waals surface area (Å²) in [5, 5.41) is 0. The lowest BCUT2D eigenvalue weighted by Gasteiger charge is -2.42. The molecule has 3 rings (SSSR count). The number of carbonyl (C=O) groups is 1. The van der Waals surface area contributed by atoms with Crippen LogP contribution >= 0.6 is 0 Å². The second-order valence-corrected chi connectivity index (χ2v) is 6.30. The molecule has 1 aliphatic heterocycles. The van der Waals surface area contributed by atoms with E-state index in [0.717, 1.165) is 25.3 Å². The van der Waals surface area contributed by atoms with Gasteiger partial charge < -0.3 is 0 Å². The highest BCUT2D eigenvalue weighted by Crippen LogP contribution is 2.26. The summed E-state index contributed by atoms with van der Waals surface area (Å²) in [6.45, 7) is 4.84. The van der Waals surface area contributed by atoms with Gasteiger partial charge in [0.1, 0.15) is 5.78 Å². The van der Waals surface area contributed by atoms with Crippen molar-refractivity contribution in [2.75, 3.05) is 26.2 Å². The highest BCUT2D eigenvalue weighted by atomic mass is 16.1. The lowest BCUT2D eigenvalue weighted by Crippen LogP contribution is -2.53. The van der Waals surface area contributed by atoms with Gasteiger partial charge in [-0.15, -0.1) is 0 Å². The smallest absolute Gasteiger partial charge is 0.134 e. The second-order valence-electron chi connectivity index (χ2n) is 6.30. The molecule has 3 fully saturated rings. The van der Waals surface area contributed by atoms with Gasteiger partial charge in [-0.1, -0.05) is 12.8 Å². The molecule has 0 bridgehead atoms. The first kappa shape index (κ1) is 12.6. The van der Waals surface area contributed by atoms with E-state index in [0.29, 0.717) is 11.8 Å². The number of Topliss-reactive ketones (excluding diaryl/α,β-unsaturated/α-hetero) is 1. The molecule has 1 unspecified atom stereocenters. The van der Waals surface area contributed by atoms with Crippen molar-refractivity contribution in [3.8, 4) is 0 Å². The maximum Gasteiger partial charge on any atom is 0.134 e. The van der Waals surface area contributed by atoms with Gasteiger partial charge in [0.25, 0.3) is 0 Å². The fourth-order valence-electron chi connectivity index (χ4n) is 4.05. The summed E-state index contributed by atoms with van der Waals surface area (Å²) in [6.07, 6.45) is 9.72. The fourth-order valence-corrected chi connectivity index (χ4v) is 4.05. The quantitative estimate of drug-likeness (QED) is 0.749. The summed E-state index contributed by atoms with van der Waals surface area (Å²) >= 11 is 0. The summed E-state index contributed by atoms with van der Waals surface area (Å²) in [7, 11) is 0. The number of piperazine rings is 1. The lowest BCUT2D eigenvalue weighted by molar-refractivity contribution is -0.122. The third kappa shape index (κ3) is 2.77. The van der Waals surface area contributed by atoms with E-state index in [1.165, 1.54) is 58.3 Å². The zero-order valence-electron chi connectivity index (χ0n) is 11.4. The summed E-state index contributed by atoms with van der Waals surface area (Å²) in [5.41, 5.74) is 0. The van der Waals surface area contributed by atoms with E-state index in [9.17, 15) is 4.79 Å². The Balaban J connectivity index is 1.48. The first-order valence-electron chi connectivity index (χ1n) is 7.83. The summed E-state index contributed by atoms with van der Waals surface area (Å²) in [4.78, 5) is 16.8. The molecule has 0 radical (unpaired) electrons. The summed E-state index contributed by atoms with van der Waals surface area (Å²) < 4.78 is 0. The molecule has 3 nitrogen and oxygen atoms in total. The Bertz CT molecular complexity index is 291. The lowest BCUT2D eigenvalue weighted by atomic mass is 9.92. The van der Waals surface area contributed by atoms with E-state index in [1.807, 2.05) is 0 Å². The summed E-state index contributed by atoms with van der Waals surface area (Å²) in [6, 6.07) is 1.44. The predicted molar refractivity (Wildman–Crippen MR) is 72.7 cm³/mol. The molecule has 0 aromatic rings. The average molecular weight is 250 g/mol. The van der Waals surface area contributed by atoms with Gasteiger partial charge in [-0.25, -0.2) is 0 Å². The monoisotopic (exact) mass is 250 g/mol. The van der Waals surface area contributed by atoms with Gasteiger partial charge in [0.2, 0.25) is 0 Å². The van der Waals surface area contributed by atoms with Gasteiger partial charge >= 0.3 is 0 Å². The van der Waals surface area contributed by atoms with E-state index >= 15 is 0 Å². The van der Waals surface area contributed by atoms with Gasteiger partial charge in [-0.05, 0) is 25.7 Å². The Kier molecular flexibility index (Phi) is 4.00. The van der Waals surface area contributed by atoms with Gasteiger partial charge in [0.15, 0.2) is 0 Å². The van der Waals surface area contributed by atoms with Crippen LogP contribution in [-0.2, 0) is 4.79 Å². The van der Waals surface area contributed by atoms with Gasteiger partial charge in [-0.2, -0.15) is 0 Å². The maximum absolute atomic E-state index is 11.6. The standard InChI is InChI=1S/C15H26N2O/c18-15-7-3-6-14(12-15)17-10-8-16(9-11-17)13-4-1-2-5-13/h13-14H,1-12H2. The molecule has 3 aliphatic rings. The Hall–Kier alpha value is -0.410. The minimum Gasteiger partial charge on any atom is -0.300 e. The molecule has 1 heterocycles. The van der Waals surface area contributed by atoms with Crippen molar-refractivity contribution in [2.45, 2.75) is 63.5 Å². The molecular weight excluding hydrogens is 224 g/mol. The minimum absolute atomic E-state index is 0.490. The van der Waals surface area contributed by atoms with E-state index in [4.69, 9.17) is 0 Å². The molecule has 3 heteroatoms. The van der Waals surface area contributed by atoms with Crippen molar-refractivity contribution < 1.29 is 4.79 Å². The molecule has 1 atom stereocenters. The topological polar surface area (TPSA) is 23.6 Å². The van der Waals surface area contributed by atoms with Crippen molar-refractivity contribution in [1.82, 2.24) is 9.80 Å². The Labute approximate surface area is 111 Å². The van der Waals surface area contributed by atoms with Crippen LogP contribution in [0.1, 0.15) is 51.4 Å². The van der Waals surface area contributed by atoms with Crippen LogP contribution in [-0.4, -0.2) is 53.8 Å². The average Bonchev–Trinajstić information content (AvgIpc) is 2.93. The van der Waals surface area contributed by atoms with Crippen LogP contribution in [0.5, 0.6) is 0 Å². The van der Waals surface area contributed by atoms with Crippen LogP contribution < -0.4 is 0 Å². The number of nitrogens with zero attached hydrogens (tertiary/aromatic N) is 2. The molecule has 1 saturated heterocycles. The molecule has 102 valence electrons. The number of hydrogen-bond donors (Lipinski definition) is 0. The first-order valence-corrected chi connectivity index (χ1v) is 7.83. The van der Waals surface area contributed by atoms with Crippen LogP contribution in [0.4, 0.5) is 0 Å². The van der Waals surface area contributed by atoms with Crippen LogP contribution in [0.3, 0.4) is 0 Å². The SMILES string of the molecule is O=C1CCCC(N2CCN(C3CCCC3)CC2)C1. The summed E-state index contributed by atoms with van der Waals surface area (Å²) in [5.74, 6) is 0.490. The van der Waals surface area contributed by atoms with E-state index in [1.54, 1.807) is 0 Å². The molecular formula is C15H26N2O. The van der Waals surface area contributed by atoms with Gasteiger partial charge in [0, 0.05) is 51.1 Å². The number of carbonyl (C=O) groups excluding carboxylic acids is 1. The molecule has 0 aromatic heterocycles. The van der Waals surface area contributed by atoms with Gasteiger partial charge in [0.05, 0.1) is 0 Å². The minimum atomic E-state index is 0.490. The molecule has 0 aromatic carbocycles. The van der Waals surface area contributed by atoms with Crippen LogP contribution in [0.2, 0.25) is 0 Å². The fraction of sp³-hybridized carbons (Fsp3) is 0.933. The maximum atomic E-state index is 11.6. The number of ketones is 1. The normalized spacial score (nSPS) is 33.1. The Morgan fingerprint density at radius 2 is 1.33 bits per heavy atom. The Morgan fingerprint density at radius 1 is 0.778 bits per heavy atom. The van der Waals surface area contributed by atoms with Crippen LogP contribution in [0.15, 0.2) is 0 Å². The van der Waals surface area contributed by atoms with Crippen molar-refractivity contribution in [1.29, 1.82) is 0 Å². The van der Waals surface area contributed by atoms with Crippen LogP contribution in [0.25, 0.3) is 0 Å². The van der Waals surface area contributed by atoms with E-state index < -0.39 is 0 Å². The van der Waals surface area contributed by atoms with Crippen molar-refractivity contribution >= 4 is 5.78 Å². The molecule has 0 spiro atoms. The van der Waals surface area contributed by atoms with Gasteiger partial charge in [-0.3, -0.25) is 14.6 Å². The van der Waals surface area contributed by atoms with Crippen molar-refractivity contribution in [3.05, 3.63) is 0 Å². The highest BCUT2D eigenvalue weighted by Gasteiger charge is 2.30. The zero-order chi connectivity index (χ0) is 12.4. The zero-order valence-corrected chi connectivity index (χ0v) is 11.4. The van der Waals surface area contributed by atoms with E-state index in [2.05, 4.69) is 9.80 Å². The van der Waals surface area contributed by atoms with Crippen LogP contribution in [0, 0.1) is 0 Å². The molecule has 2 saturated carbocycles.